The van der Waals surface area contributed by atoms with Crippen LogP contribution in [0.3, 0.4) is 0 Å². The molecule has 196 valence electrons. The molecule has 36 heavy (non-hydrogen) atoms. The summed E-state index contributed by atoms with van der Waals surface area (Å²) < 4.78 is 0. The van der Waals surface area contributed by atoms with E-state index < -0.39 is 35.8 Å². The number of nitrogens with zero attached hydrogens (tertiary/aromatic N) is 1. The lowest BCUT2D eigenvalue weighted by Gasteiger charge is -2.36. The Hall–Kier alpha value is -3.39. The molecule has 0 aliphatic rings. The molecule has 2 aromatic rings. The number of amides is 3. The molecule has 0 unspecified atom stereocenters. The first kappa shape index (κ1) is 28.8. The van der Waals surface area contributed by atoms with Gasteiger partial charge < -0.3 is 26.8 Å². The summed E-state index contributed by atoms with van der Waals surface area (Å²) in [5, 5.41) is 12.5. The maximum absolute atomic E-state index is 14.0. The van der Waals surface area contributed by atoms with Gasteiger partial charge >= 0.3 is 0 Å². The molecule has 0 fully saturated rings. The molecule has 0 heterocycles. The van der Waals surface area contributed by atoms with Crippen LogP contribution in [0.15, 0.2) is 54.6 Å². The summed E-state index contributed by atoms with van der Waals surface area (Å²) in [7, 11) is 0. The number of carbonyl (C=O) groups excluding carboxylic acids is 3. The van der Waals surface area contributed by atoms with E-state index >= 15 is 0 Å². The molecule has 4 atom stereocenters. The fourth-order valence-electron chi connectivity index (χ4n) is 4.08. The van der Waals surface area contributed by atoms with Gasteiger partial charge in [-0.2, -0.15) is 0 Å². The van der Waals surface area contributed by atoms with Gasteiger partial charge in [0.25, 0.3) is 0 Å². The molecule has 6 N–H and O–H groups in total. The van der Waals surface area contributed by atoms with Crippen LogP contribution in [0.1, 0.15) is 45.2 Å². The maximum atomic E-state index is 14.0. The number of aromatic hydroxyl groups is 1. The fourth-order valence-corrected chi connectivity index (χ4v) is 4.08. The Morgan fingerprint density at radius 1 is 0.972 bits per heavy atom. The van der Waals surface area contributed by atoms with Gasteiger partial charge in [0.05, 0.1) is 6.04 Å². The maximum Gasteiger partial charge on any atom is 0.246 e. The third-order valence-corrected chi connectivity index (χ3v) is 6.59. The summed E-state index contributed by atoms with van der Waals surface area (Å²) in [6.45, 7) is 7.76. The number of phenolic OH excluding ortho intramolecular Hbond substituents is 1. The first-order valence-corrected chi connectivity index (χ1v) is 12.5. The molecule has 0 saturated heterocycles. The molecule has 0 aliphatic carbocycles. The highest BCUT2D eigenvalue weighted by Gasteiger charge is 2.36. The zero-order valence-corrected chi connectivity index (χ0v) is 21.7. The second-order valence-corrected chi connectivity index (χ2v) is 9.70. The summed E-state index contributed by atoms with van der Waals surface area (Å²) in [6.07, 6.45) is 1.34. The third kappa shape index (κ3) is 8.09. The van der Waals surface area contributed by atoms with Crippen LogP contribution in [0.4, 0.5) is 0 Å². The van der Waals surface area contributed by atoms with Gasteiger partial charge in [0.2, 0.25) is 17.7 Å². The monoisotopic (exact) mass is 496 g/mol. The summed E-state index contributed by atoms with van der Waals surface area (Å²) in [5.41, 5.74) is 13.6. The largest absolute Gasteiger partial charge is 0.508 e. The van der Waals surface area contributed by atoms with E-state index in [1.165, 1.54) is 17.0 Å². The van der Waals surface area contributed by atoms with Crippen LogP contribution in [0.5, 0.6) is 5.75 Å². The van der Waals surface area contributed by atoms with E-state index in [1.807, 2.05) is 58.0 Å². The van der Waals surface area contributed by atoms with Gasteiger partial charge in [-0.3, -0.25) is 14.4 Å². The van der Waals surface area contributed by atoms with E-state index in [4.69, 9.17) is 11.5 Å². The van der Waals surface area contributed by atoms with Crippen molar-refractivity contribution >= 4 is 17.7 Å². The second kappa shape index (κ2) is 13.6. The summed E-state index contributed by atoms with van der Waals surface area (Å²) in [6, 6.07) is 13.5. The van der Waals surface area contributed by atoms with Crippen molar-refractivity contribution in [3.63, 3.8) is 0 Å². The van der Waals surface area contributed by atoms with Crippen LogP contribution in [0.2, 0.25) is 0 Å². The van der Waals surface area contributed by atoms with Gasteiger partial charge in [-0.25, -0.2) is 0 Å². The topological polar surface area (TPSA) is 139 Å². The van der Waals surface area contributed by atoms with Crippen LogP contribution in [-0.2, 0) is 27.2 Å². The summed E-state index contributed by atoms with van der Waals surface area (Å²) >= 11 is 0. The second-order valence-electron chi connectivity index (χ2n) is 9.70. The quantitative estimate of drug-likeness (QED) is 0.337. The molecule has 0 bridgehead atoms. The van der Waals surface area contributed by atoms with Crippen LogP contribution < -0.4 is 16.8 Å². The van der Waals surface area contributed by atoms with E-state index in [-0.39, 0.29) is 30.6 Å². The lowest BCUT2D eigenvalue weighted by molar-refractivity contribution is -0.144. The number of rotatable bonds is 13. The van der Waals surface area contributed by atoms with Gasteiger partial charge in [-0.1, -0.05) is 76.6 Å². The van der Waals surface area contributed by atoms with Crippen molar-refractivity contribution in [2.45, 2.75) is 65.1 Å². The lowest BCUT2D eigenvalue weighted by Crippen LogP contribution is -2.59. The van der Waals surface area contributed by atoms with Crippen molar-refractivity contribution in [3.05, 3.63) is 65.7 Å². The van der Waals surface area contributed by atoms with Crippen LogP contribution in [0, 0.1) is 11.8 Å². The Labute approximate surface area is 214 Å². The predicted molar refractivity (Wildman–Crippen MR) is 141 cm³/mol. The molecule has 0 spiro atoms. The number of phenols is 1. The molecule has 3 amide bonds. The minimum Gasteiger partial charge on any atom is -0.508 e. The van der Waals surface area contributed by atoms with Gasteiger partial charge in [-0.15, -0.1) is 0 Å². The highest BCUT2D eigenvalue weighted by Crippen LogP contribution is 2.19. The number of primary amides is 1. The summed E-state index contributed by atoms with van der Waals surface area (Å²) in [5.74, 6) is -1.62. The average Bonchev–Trinajstić information content (AvgIpc) is 2.86. The Bertz CT molecular complexity index is 994. The van der Waals surface area contributed by atoms with E-state index in [0.29, 0.717) is 12.8 Å². The molecular weight excluding hydrogens is 456 g/mol. The number of nitrogens with one attached hydrogen (secondary N) is 1. The normalized spacial score (nSPS) is 14.5. The van der Waals surface area contributed by atoms with Crippen molar-refractivity contribution in [1.82, 2.24) is 10.2 Å². The minimum atomic E-state index is -0.964. The first-order valence-electron chi connectivity index (χ1n) is 12.5. The van der Waals surface area contributed by atoms with Crippen LogP contribution in [-0.4, -0.2) is 52.4 Å². The molecule has 0 saturated carbocycles. The van der Waals surface area contributed by atoms with E-state index in [1.54, 1.807) is 12.1 Å². The van der Waals surface area contributed by atoms with Crippen molar-refractivity contribution in [2.75, 3.05) is 6.54 Å². The van der Waals surface area contributed by atoms with E-state index in [9.17, 15) is 19.5 Å². The average molecular weight is 497 g/mol. The van der Waals surface area contributed by atoms with Gasteiger partial charge in [0.15, 0.2) is 0 Å². The smallest absolute Gasteiger partial charge is 0.246 e. The predicted octanol–water partition coefficient (Wildman–Crippen LogP) is 2.37. The van der Waals surface area contributed by atoms with E-state index in [0.717, 1.165) is 11.1 Å². The molecule has 0 aliphatic heterocycles. The number of nitrogens with two attached hydrogens (primary N) is 2. The molecule has 8 heteroatoms. The number of hydrogen-bond donors (Lipinski definition) is 4. The molecular formula is C28H40N4O4. The standard InChI is InChI=1S/C28H40N4O4/c1-5-19(4)25(26(30)34)32(16-15-20-9-7-6-8-10-20)28(36)23(31-27(35)24(29)18(2)3)17-21-11-13-22(33)14-12-21/h6-14,18-19,23-25,33H,5,15-17,29H2,1-4H3,(H2,30,34)(H,31,35)/t19-,23-,24-,25-/m0/s1. The van der Waals surface area contributed by atoms with Crippen LogP contribution >= 0.6 is 0 Å². The zero-order chi connectivity index (χ0) is 26.8. The van der Waals surface area contributed by atoms with Gasteiger partial charge in [0.1, 0.15) is 17.8 Å². The molecule has 2 aromatic carbocycles. The fraction of sp³-hybridized carbons (Fsp3) is 0.464. The molecule has 8 nitrogen and oxygen atoms in total. The highest BCUT2D eigenvalue weighted by atomic mass is 16.3. The lowest BCUT2D eigenvalue weighted by atomic mass is 9.94. The first-order chi connectivity index (χ1) is 17.0. The Morgan fingerprint density at radius 3 is 2.11 bits per heavy atom. The molecule has 0 radical (unpaired) electrons. The molecule has 2 rings (SSSR count). The van der Waals surface area contributed by atoms with Crippen LogP contribution in [0.25, 0.3) is 0 Å². The van der Waals surface area contributed by atoms with E-state index in [2.05, 4.69) is 5.32 Å². The minimum absolute atomic E-state index is 0.0996. The van der Waals surface area contributed by atoms with Crippen molar-refractivity contribution in [3.8, 4) is 5.75 Å². The third-order valence-electron chi connectivity index (χ3n) is 6.59. The Kier molecular flexibility index (Phi) is 10.9. The SMILES string of the molecule is CC[C@H](C)[C@@H](C(N)=O)N(CCc1ccccc1)C(=O)[C@H](Cc1ccc(O)cc1)NC(=O)[C@@H](N)C(C)C. The Balaban J connectivity index is 2.44. The highest BCUT2D eigenvalue weighted by molar-refractivity contribution is 5.93. The zero-order valence-electron chi connectivity index (χ0n) is 21.7. The van der Waals surface area contributed by atoms with Crippen molar-refractivity contribution in [1.29, 1.82) is 0 Å². The van der Waals surface area contributed by atoms with Crippen molar-refractivity contribution in [2.24, 2.45) is 23.3 Å². The van der Waals surface area contributed by atoms with Gasteiger partial charge in [0, 0.05) is 13.0 Å². The van der Waals surface area contributed by atoms with Crippen molar-refractivity contribution < 1.29 is 19.5 Å². The number of carbonyl (C=O) groups is 3. The summed E-state index contributed by atoms with van der Waals surface area (Å²) in [4.78, 5) is 41.0. The van der Waals surface area contributed by atoms with Gasteiger partial charge in [-0.05, 0) is 41.5 Å². The number of hydrogen-bond acceptors (Lipinski definition) is 5. The molecule has 0 aromatic heterocycles. The number of benzene rings is 2. The Morgan fingerprint density at radius 2 is 1.58 bits per heavy atom.